The van der Waals surface area contributed by atoms with Gasteiger partial charge in [0.15, 0.2) is 0 Å². The minimum atomic E-state index is 0.405. The third-order valence-corrected chi connectivity index (χ3v) is 2.84. The highest BCUT2D eigenvalue weighted by molar-refractivity contribution is 6.30. The molecule has 2 rings (SSSR count). The summed E-state index contributed by atoms with van der Waals surface area (Å²) in [7, 11) is 0. The number of hydrogen-bond acceptors (Lipinski definition) is 2. The Balaban J connectivity index is 2.48. The molecule has 0 aliphatic heterocycles. The van der Waals surface area contributed by atoms with Gasteiger partial charge in [0.05, 0.1) is 5.69 Å². The van der Waals surface area contributed by atoms with E-state index in [1.807, 2.05) is 37.3 Å². The lowest BCUT2D eigenvalue weighted by Crippen LogP contribution is -1.99. The molecule has 2 nitrogen and oxygen atoms in total. The molecule has 0 radical (unpaired) electrons. The van der Waals surface area contributed by atoms with Gasteiger partial charge in [-0.2, -0.15) is 0 Å². The molecule has 88 valence electrons. The monoisotopic (exact) mass is 246 g/mol. The number of aromatic nitrogens is 2. The maximum Gasteiger partial charge on any atom is 0.126 e. The normalized spacial score (nSPS) is 10.9. The molecule has 0 N–H and O–H groups in total. The molecule has 0 spiro atoms. The van der Waals surface area contributed by atoms with Crippen LogP contribution in [0.5, 0.6) is 0 Å². The molecule has 17 heavy (non-hydrogen) atoms. The van der Waals surface area contributed by atoms with E-state index in [0.717, 1.165) is 27.8 Å². The summed E-state index contributed by atoms with van der Waals surface area (Å²) in [4.78, 5) is 8.90. The SMILES string of the molecule is Cc1nc(-c2ccc(Cl)cc2)cc(C(C)C)n1. The molecular formula is C14H15ClN2. The molecule has 0 amide bonds. The van der Waals surface area contributed by atoms with Crippen LogP contribution in [0.3, 0.4) is 0 Å². The Morgan fingerprint density at radius 3 is 2.29 bits per heavy atom. The minimum Gasteiger partial charge on any atom is -0.238 e. The summed E-state index contributed by atoms with van der Waals surface area (Å²) in [6, 6.07) is 9.76. The lowest BCUT2D eigenvalue weighted by Gasteiger charge is -2.08. The van der Waals surface area contributed by atoms with Gasteiger partial charge in [-0.05, 0) is 31.0 Å². The second kappa shape index (κ2) is 4.84. The summed E-state index contributed by atoms with van der Waals surface area (Å²) in [6.45, 7) is 6.19. The highest BCUT2D eigenvalue weighted by Gasteiger charge is 2.07. The van der Waals surface area contributed by atoms with Gasteiger partial charge in [-0.3, -0.25) is 0 Å². The zero-order valence-corrected chi connectivity index (χ0v) is 11.0. The largest absolute Gasteiger partial charge is 0.238 e. The van der Waals surface area contributed by atoms with Crippen molar-refractivity contribution >= 4 is 11.6 Å². The highest BCUT2D eigenvalue weighted by atomic mass is 35.5. The number of hydrogen-bond donors (Lipinski definition) is 0. The fraction of sp³-hybridized carbons (Fsp3) is 0.286. The van der Waals surface area contributed by atoms with E-state index < -0.39 is 0 Å². The second-order valence-electron chi connectivity index (χ2n) is 4.39. The van der Waals surface area contributed by atoms with E-state index in [1.165, 1.54) is 0 Å². The van der Waals surface area contributed by atoms with Gasteiger partial charge in [0, 0.05) is 16.3 Å². The van der Waals surface area contributed by atoms with E-state index in [1.54, 1.807) is 0 Å². The van der Waals surface area contributed by atoms with Crippen LogP contribution in [0.4, 0.5) is 0 Å². The van der Waals surface area contributed by atoms with Crippen molar-refractivity contribution in [1.29, 1.82) is 0 Å². The fourth-order valence-corrected chi connectivity index (χ4v) is 1.78. The maximum atomic E-state index is 5.88. The van der Waals surface area contributed by atoms with Gasteiger partial charge in [0.2, 0.25) is 0 Å². The first-order valence-electron chi connectivity index (χ1n) is 5.68. The van der Waals surface area contributed by atoms with E-state index >= 15 is 0 Å². The van der Waals surface area contributed by atoms with Crippen LogP contribution in [0.15, 0.2) is 30.3 Å². The molecule has 0 saturated carbocycles. The van der Waals surface area contributed by atoms with Crippen molar-refractivity contribution in [3.05, 3.63) is 46.9 Å². The average Bonchev–Trinajstić information content (AvgIpc) is 2.29. The quantitative estimate of drug-likeness (QED) is 0.793. The molecule has 1 aromatic heterocycles. The molecule has 0 aliphatic carbocycles. The van der Waals surface area contributed by atoms with Gasteiger partial charge in [0.1, 0.15) is 5.82 Å². The molecule has 0 saturated heterocycles. The highest BCUT2D eigenvalue weighted by Crippen LogP contribution is 2.22. The first-order valence-corrected chi connectivity index (χ1v) is 6.05. The topological polar surface area (TPSA) is 25.8 Å². The molecule has 1 heterocycles. The van der Waals surface area contributed by atoms with Crippen LogP contribution in [-0.2, 0) is 0 Å². The van der Waals surface area contributed by atoms with Crippen molar-refractivity contribution in [2.24, 2.45) is 0 Å². The van der Waals surface area contributed by atoms with Crippen LogP contribution in [0.1, 0.15) is 31.3 Å². The van der Waals surface area contributed by atoms with Crippen molar-refractivity contribution in [2.75, 3.05) is 0 Å². The molecule has 0 fully saturated rings. The van der Waals surface area contributed by atoms with Crippen LogP contribution in [0.25, 0.3) is 11.3 Å². The molecule has 0 aliphatic rings. The van der Waals surface area contributed by atoms with Gasteiger partial charge in [-0.1, -0.05) is 37.6 Å². The lowest BCUT2D eigenvalue weighted by molar-refractivity contribution is 0.803. The second-order valence-corrected chi connectivity index (χ2v) is 4.82. The molecule has 0 bridgehead atoms. The Hall–Kier alpha value is -1.41. The lowest BCUT2D eigenvalue weighted by atomic mass is 10.1. The zero-order chi connectivity index (χ0) is 12.4. The van der Waals surface area contributed by atoms with E-state index in [0.29, 0.717) is 5.92 Å². The van der Waals surface area contributed by atoms with Crippen molar-refractivity contribution in [3.63, 3.8) is 0 Å². The maximum absolute atomic E-state index is 5.88. The van der Waals surface area contributed by atoms with E-state index in [-0.39, 0.29) is 0 Å². The summed E-state index contributed by atoms with van der Waals surface area (Å²) in [5, 5.41) is 0.739. The van der Waals surface area contributed by atoms with Crippen LogP contribution in [-0.4, -0.2) is 9.97 Å². The summed E-state index contributed by atoms with van der Waals surface area (Å²) >= 11 is 5.88. The van der Waals surface area contributed by atoms with Gasteiger partial charge in [-0.15, -0.1) is 0 Å². The summed E-state index contributed by atoms with van der Waals surface area (Å²) in [5.74, 6) is 1.21. The third-order valence-electron chi connectivity index (χ3n) is 2.59. The van der Waals surface area contributed by atoms with Gasteiger partial charge < -0.3 is 0 Å². The Bertz CT molecular complexity index is 518. The standard InChI is InChI=1S/C14H15ClN2/c1-9(2)13-8-14(17-10(3)16-13)11-4-6-12(15)7-5-11/h4-9H,1-3H3. The van der Waals surface area contributed by atoms with Crippen molar-refractivity contribution in [3.8, 4) is 11.3 Å². The van der Waals surface area contributed by atoms with Crippen LogP contribution in [0.2, 0.25) is 5.02 Å². The van der Waals surface area contributed by atoms with Gasteiger partial charge in [-0.25, -0.2) is 9.97 Å². The van der Waals surface area contributed by atoms with E-state index in [4.69, 9.17) is 11.6 Å². The number of halogens is 1. The molecule has 0 unspecified atom stereocenters. The van der Waals surface area contributed by atoms with Crippen molar-refractivity contribution in [1.82, 2.24) is 9.97 Å². The van der Waals surface area contributed by atoms with Gasteiger partial charge >= 0.3 is 0 Å². The number of rotatable bonds is 2. The number of benzene rings is 1. The molecule has 2 aromatic rings. The Kier molecular flexibility index (Phi) is 3.43. The zero-order valence-electron chi connectivity index (χ0n) is 10.2. The molecular weight excluding hydrogens is 232 g/mol. The van der Waals surface area contributed by atoms with Crippen molar-refractivity contribution < 1.29 is 0 Å². The Morgan fingerprint density at radius 2 is 1.71 bits per heavy atom. The predicted molar refractivity (Wildman–Crippen MR) is 71.3 cm³/mol. The molecule has 0 atom stereocenters. The summed E-state index contributed by atoms with van der Waals surface area (Å²) in [5.41, 5.74) is 3.10. The van der Waals surface area contributed by atoms with Crippen LogP contribution in [0, 0.1) is 6.92 Å². The first kappa shape index (κ1) is 12.1. The van der Waals surface area contributed by atoms with Crippen LogP contribution >= 0.6 is 11.6 Å². The Labute approximate surface area is 107 Å². The first-order chi connectivity index (χ1) is 8.06. The summed E-state index contributed by atoms with van der Waals surface area (Å²) in [6.07, 6.45) is 0. The third kappa shape index (κ3) is 2.83. The van der Waals surface area contributed by atoms with Gasteiger partial charge in [0.25, 0.3) is 0 Å². The predicted octanol–water partition coefficient (Wildman–Crippen LogP) is 4.23. The average molecular weight is 247 g/mol. The number of nitrogens with zero attached hydrogens (tertiary/aromatic N) is 2. The van der Waals surface area contributed by atoms with E-state index in [9.17, 15) is 0 Å². The minimum absolute atomic E-state index is 0.405. The van der Waals surface area contributed by atoms with Crippen molar-refractivity contribution in [2.45, 2.75) is 26.7 Å². The fourth-order valence-electron chi connectivity index (χ4n) is 1.66. The summed E-state index contributed by atoms with van der Waals surface area (Å²) < 4.78 is 0. The Morgan fingerprint density at radius 1 is 1.06 bits per heavy atom. The van der Waals surface area contributed by atoms with Crippen LogP contribution < -0.4 is 0 Å². The number of aryl methyl sites for hydroxylation is 1. The van der Waals surface area contributed by atoms with E-state index in [2.05, 4.69) is 23.8 Å². The molecule has 3 heteroatoms. The molecule has 1 aromatic carbocycles. The smallest absolute Gasteiger partial charge is 0.126 e.